The molecule has 3 N–H and O–H groups in total. The summed E-state index contributed by atoms with van der Waals surface area (Å²) in [5, 5.41) is 4.30. The van der Waals surface area contributed by atoms with Crippen molar-refractivity contribution in [3.8, 4) is 0 Å². The lowest BCUT2D eigenvalue weighted by Crippen LogP contribution is -2.58. The molecule has 7 heteroatoms. The number of hydrogen-bond acceptors (Lipinski definition) is 6. The van der Waals surface area contributed by atoms with E-state index in [2.05, 4.69) is 26.0 Å². The average molecular weight is 315 g/mol. The Bertz CT molecular complexity index is 782. The molecular formula is C16H21N5O2. The maximum atomic E-state index is 6.27. The predicted molar refractivity (Wildman–Crippen MR) is 84.7 cm³/mol. The summed E-state index contributed by atoms with van der Waals surface area (Å²) < 4.78 is 14.7. The highest BCUT2D eigenvalue weighted by Gasteiger charge is 2.63. The van der Waals surface area contributed by atoms with E-state index in [9.17, 15) is 0 Å². The van der Waals surface area contributed by atoms with Gasteiger partial charge in [-0.05, 0) is 26.3 Å². The van der Waals surface area contributed by atoms with Crippen LogP contribution in [-0.4, -0.2) is 45.6 Å². The molecule has 23 heavy (non-hydrogen) atoms. The largest absolute Gasteiger partial charge is 0.383 e. The van der Waals surface area contributed by atoms with Crippen molar-refractivity contribution in [2.45, 2.75) is 44.3 Å². The van der Waals surface area contributed by atoms with E-state index in [1.54, 1.807) is 0 Å². The van der Waals surface area contributed by atoms with Crippen LogP contribution in [0.15, 0.2) is 18.6 Å². The molecule has 7 nitrogen and oxygen atoms in total. The van der Waals surface area contributed by atoms with Gasteiger partial charge in [-0.2, -0.15) is 0 Å². The van der Waals surface area contributed by atoms with Gasteiger partial charge >= 0.3 is 0 Å². The molecule has 1 spiro atoms. The third kappa shape index (κ3) is 1.75. The van der Waals surface area contributed by atoms with E-state index in [0.717, 1.165) is 30.5 Å². The van der Waals surface area contributed by atoms with Crippen molar-refractivity contribution in [3.05, 3.63) is 18.6 Å². The number of nitrogens with two attached hydrogens (primary N) is 1. The van der Waals surface area contributed by atoms with E-state index in [1.807, 2.05) is 19.9 Å². The summed E-state index contributed by atoms with van der Waals surface area (Å²) >= 11 is 0. The van der Waals surface area contributed by atoms with Gasteiger partial charge in [0.25, 0.3) is 0 Å². The van der Waals surface area contributed by atoms with E-state index < -0.39 is 5.79 Å². The standard InChI is InChI=1S/C16H21N5O2/c1-15(2)22-11-10(5-16(6-18-7-16)12(11)23-15)21-4-3-9-13(17)19-8-20-14(9)21/h3-4,8,10-12,18H,5-7H2,1-2H3,(H2,17,19,20)/t10-,11+,12+/m1/s1. The monoisotopic (exact) mass is 315 g/mol. The Morgan fingerprint density at radius 3 is 2.87 bits per heavy atom. The molecule has 2 aliphatic heterocycles. The molecular weight excluding hydrogens is 294 g/mol. The number of rotatable bonds is 1. The number of fused-ring (bicyclic) bond motifs is 3. The van der Waals surface area contributed by atoms with Gasteiger partial charge in [-0.25, -0.2) is 9.97 Å². The lowest BCUT2D eigenvalue weighted by molar-refractivity contribution is -0.173. The lowest BCUT2D eigenvalue weighted by atomic mass is 9.78. The van der Waals surface area contributed by atoms with Crippen LogP contribution in [0.5, 0.6) is 0 Å². The van der Waals surface area contributed by atoms with Gasteiger partial charge in [0.05, 0.1) is 17.5 Å². The van der Waals surface area contributed by atoms with Gasteiger partial charge in [-0.1, -0.05) is 0 Å². The lowest BCUT2D eigenvalue weighted by Gasteiger charge is -2.43. The van der Waals surface area contributed by atoms with E-state index in [-0.39, 0.29) is 23.7 Å². The number of nitrogens with zero attached hydrogens (tertiary/aromatic N) is 3. The fourth-order valence-corrected chi connectivity index (χ4v) is 4.50. The first-order valence-corrected chi connectivity index (χ1v) is 8.13. The van der Waals surface area contributed by atoms with Crippen LogP contribution in [-0.2, 0) is 9.47 Å². The average Bonchev–Trinajstić information content (AvgIpc) is 3.08. The molecule has 1 saturated carbocycles. The van der Waals surface area contributed by atoms with Crippen molar-refractivity contribution in [2.75, 3.05) is 18.8 Å². The van der Waals surface area contributed by atoms with Crippen LogP contribution >= 0.6 is 0 Å². The molecule has 122 valence electrons. The van der Waals surface area contributed by atoms with Gasteiger partial charge in [0.2, 0.25) is 0 Å². The molecule has 0 unspecified atom stereocenters. The molecule has 2 saturated heterocycles. The van der Waals surface area contributed by atoms with E-state index in [0.29, 0.717) is 5.82 Å². The van der Waals surface area contributed by atoms with Gasteiger partial charge in [0, 0.05) is 24.7 Å². The molecule has 3 aliphatic rings. The summed E-state index contributed by atoms with van der Waals surface area (Å²) in [5.41, 5.74) is 7.02. The first-order valence-electron chi connectivity index (χ1n) is 8.13. The van der Waals surface area contributed by atoms with Gasteiger partial charge in [0.1, 0.15) is 23.9 Å². The maximum absolute atomic E-state index is 6.27. The minimum absolute atomic E-state index is 0.0406. The van der Waals surface area contributed by atoms with Gasteiger partial charge in [-0.15, -0.1) is 0 Å². The number of nitrogen functional groups attached to an aromatic ring is 1. The van der Waals surface area contributed by atoms with Crippen LogP contribution in [0.1, 0.15) is 26.3 Å². The molecule has 3 atom stereocenters. The quantitative estimate of drug-likeness (QED) is 0.818. The summed E-state index contributed by atoms with van der Waals surface area (Å²) in [7, 11) is 0. The third-order valence-electron chi connectivity index (χ3n) is 5.58. The smallest absolute Gasteiger partial charge is 0.163 e. The van der Waals surface area contributed by atoms with Gasteiger partial charge in [-0.3, -0.25) is 0 Å². The fraction of sp³-hybridized carbons (Fsp3) is 0.625. The Labute approximate surface area is 134 Å². The highest BCUT2D eigenvalue weighted by molar-refractivity contribution is 5.86. The zero-order valence-electron chi connectivity index (χ0n) is 13.3. The maximum Gasteiger partial charge on any atom is 0.163 e. The van der Waals surface area contributed by atoms with Crippen LogP contribution in [0.4, 0.5) is 5.82 Å². The Morgan fingerprint density at radius 2 is 2.13 bits per heavy atom. The third-order valence-corrected chi connectivity index (χ3v) is 5.58. The Balaban J connectivity index is 1.61. The summed E-state index contributed by atoms with van der Waals surface area (Å²) in [6, 6.07) is 2.20. The Kier molecular flexibility index (Phi) is 2.52. The molecule has 0 aromatic carbocycles. The van der Waals surface area contributed by atoms with E-state index in [4.69, 9.17) is 15.2 Å². The van der Waals surface area contributed by atoms with Crippen LogP contribution in [0.2, 0.25) is 0 Å². The molecule has 0 bridgehead atoms. The molecule has 0 amide bonds. The molecule has 2 aromatic rings. The molecule has 0 radical (unpaired) electrons. The SMILES string of the molecule is CC1(C)O[C@H]2[C@H](n3ccc4c(N)ncnc43)CC3(CNC3)[C@H]2O1. The number of hydrogen-bond donors (Lipinski definition) is 2. The zero-order chi connectivity index (χ0) is 15.8. The van der Waals surface area contributed by atoms with Crippen molar-refractivity contribution < 1.29 is 9.47 Å². The summed E-state index contributed by atoms with van der Waals surface area (Å²) in [6.45, 7) is 5.97. The zero-order valence-corrected chi connectivity index (χ0v) is 13.3. The molecule has 1 aliphatic carbocycles. The van der Waals surface area contributed by atoms with Crippen LogP contribution in [0.3, 0.4) is 0 Å². The minimum Gasteiger partial charge on any atom is -0.383 e. The second kappa shape index (κ2) is 4.23. The number of nitrogens with one attached hydrogen (secondary N) is 1. The van der Waals surface area contributed by atoms with Crippen molar-refractivity contribution in [2.24, 2.45) is 5.41 Å². The van der Waals surface area contributed by atoms with Gasteiger partial charge in [0.15, 0.2) is 5.79 Å². The molecule has 5 rings (SSSR count). The predicted octanol–water partition coefficient (Wildman–Crippen LogP) is 1.07. The molecule has 2 aromatic heterocycles. The Hall–Kier alpha value is -1.70. The van der Waals surface area contributed by atoms with Crippen LogP contribution in [0.25, 0.3) is 11.0 Å². The first kappa shape index (κ1) is 13.7. The van der Waals surface area contributed by atoms with Crippen LogP contribution < -0.4 is 11.1 Å². The minimum atomic E-state index is -0.534. The van der Waals surface area contributed by atoms with Gasteiger partial charge < -0.3 is 25.1 Å². The van der Waals surface area contributed by atoms with Crippen molar-refractivity contribution >= 4 is 16.9 Å². The normalized spacial score (nSPS) is 33.9. The highest BCUT2D eigenvalue weighted by atomic mass is 16.8. The number of anilines is 1. The van der Waals surface area contributed by atoms with E-state index in [1.165, 1.54) is 6.33 Å². The van der Waals surface area contributed by atoms with E-state index >= 15 is 0 Å². The number of ether oxygens (including phenoxy) is 2. The van der Waals surface area contributed by atoms with Crippen molar-refractivity contribution in [1.82, 2.24) is 19.9 Å². The summed E-state index contributed by atoms with van der Waals surface area (Å²) in [6.07, 6.45) is 4.77. The Morgan fingerprint density at radius 1 is 1.30 bits per heavy atom. The first-order chi connectivity index (χ1) is 11.0. The topological polar surface area (TPSA) is 87.2 Å². The second-order valence-electron chi connectivity index (χ2n) is 7.48. The summed E-state index contributed by atoms with van der Waals surface area (Å²) in [5.74, 6) is -0.0136. The fourth-order valence-electron chi connectivity index (χ4n) is 4.50. The highest BCUT2D eigenvalue weighted by Crippen LogP contribution is 2.55. The molecule has 3 fully saturated rings. The van der Waals surface area contributed by atoms with Crippen LogP contribution in [0, 0.1) is 5.41 Å². The van der Waals surface area contributed by atoms with Crippen molar-refractivity contribution in [1.29, 1.82) is 0 Å². The van der Waals surface area contributed by atoms with Crippen molar-refractivity contribution in [3.63, 3.8) is 0 Å². The molecule has 4 heterocycles. The second-order valence-corrected chi connectivity index (χ2v) is 7.48. The number of aromatic nitrogens is 3. The summed E-state index contributed by atoms with van der Waals surface area (Å²) in [4.78, 5) is 8.53.